The van der Waals surface area contributed by atoms with E-state index in [1.807, 2.05) is 11.4 Å². The molecular weight excluding hydrogens is 440 g/mol. The van der Waals surface area contributed by atoms with E-state index in [0.29, 0.717) is 35.9 Å². The second-order valence-corrected chi connectivity index (χ2v) is 7.96. The summed E-state index contributed by atoms with van der Waals surface area (Å²) in [7, 11) is 1.49. The molecule has 0 spiro atoms. The Morgan fingerprint density at radius 2 is 2.09 bits per heavy atom. The Bertz CT molecular complexity index is 1340. The van der Waals surface area contributed by atoms with Gasteiger partial charge in [-0.2, -0.15) is 15.0 Å². The number of carbonyl (C=O) groups is 2. The van der Waals surface area contributed by atoms with Crippen LogP contribution in [0, 0.1) is 5.92 Å². The number of nitrogens with one attached hydrogen (secondary N) is 3. The van der Waals surface area contributed by atoms with Gasteiger partial charge in [-0.25, -0.2) is 0 Å². The van der Waals surface area contributed by atoms with Gasteiger partial charge in [-0.1, -0.05) is 6.07 Å². The fourth-order valence-corrected chi connectivity index (χ4v) is 3.48. The van der Waals surface area contributed by atoms with Gasteiger partial charge in [-0.3, -0.25) is 9.59 Å². The van der Waals surface area contributed by atoms with Crippen LogP contribution in [-0.4, -0.2) is 64.3 Å². The normalized spacial score (nSPS) is 17.0. The molecule has 0 bridgehead atoms. The summed E-state index contributed by atoms with van der Waals surface area (Å²) in [5, 5.41) is 24.3. The molecule has 176 valence electrons. The highest BCUT2D eigenvalue weighted by Gasteiger charge is 2.30. The summed E-state index contributed by atoms with van der Waals surface area (Å²) < 4.78 is 33.0. The van der Waals surface area contributed by atoms with Crippen LogP contribution in [0.2, 0.25) is 0 Å². The fraction of sp³-hybridized carbons (Fsp3) is 0.364. The lowest BCUT2D eigenvalue weighted by Crippen LogP contribution is -2.32. The third-order valence-corrected chi connectivity index (χ3v) is 5.54. The quantitative estimate of drug-likeness (QED) is 0.451. The Hall–Kier alpha value is -4.06. The van der Waals surface area contributed by atoms with Crippen LogP contribution >= 0.6 is 0 Å². The lowest BCUT2D eigenvalue weighted by atomic mass is 10.1. The standard InChI is InChI=1S/C22H24N8O4/c1-23-22(32)19-16(8-18(27-28-19)26-21(31)12-6-7-12)25-15-5-3-4-14(20(15)33-2)17-9-24-30(29-17)13-10-34-11-13/h3-5,8-9,12-13H,6-7,10-11H2,1-2H3,(H,23,32)(H2,25,26,27,31)/i1D3. The molecule has 12 nitrogen and oxygen atoms in total. The van der Waals surface area contributed by atoms with Gasteiger partial charge in [0.25, 0.3) is 5.91 Å². The van der Waals surface area contributed by atoms with Crippen LogP contribution in [0.3, 0.4) is 0 Å². The van der Waals surface area contributed by atoms with Gasteiger partial charge in [0.1, 0.15) is 11.7 Å². The van der Waals surface area contributed by atoms with Crippen molar-refractivity contribution in [2.45, 2.75) is 18.9 Å². The zero-order valence-electron chi connectivity index (χ0n) is 21.2. The van der Waals surface area contributed by atoms with Gasteiger partial charge in [-0.15, -0.1) is 10.2 Å². The van der Waals surface area contributed by atoms with Crippen LogP contribution in [-0.2, 0) is 9.53 Å². The van der Waals surface area contributed by atoms with Gasteiger partial charge in [0.05, 0.1) is 37.9 Å². The predicted octanol–water partition coefficient (Wildman–Crippen LogP) is 1.77. The maximum Gasteiger partial charge on any atom is 0.273 e. The van der Waals surface area contributed by atoms with Crippen molar-refractivity contribution in [1.29, 1.82) is 0 Å². The fourth-order valence-electron chi connectivity index (χ4n) is 3.48. The van der Waals surface area contributed by atoms with Crippen molar-refractivity contribution in [2.75, 3.05) is 37.9 Å². The number of amides is 2. The second kappa shape index (κ2) is 9.06. The van der Waals surface area contributed by atoms with Crippen molar-refractivity contribution in [2.24, 2.45) is 5.92 Å². The molecule has 1 saturated carbocycles. The van der Waals surface area contributed by atoms with Crippen LogP contribution in [0.15, 0.2) is 30.5 Å². The Labute approximate surface area is 199 Å². The summed E-state index contributed by atoms with van der Waals surface area (Å²) >= 11 is 0. The molecule has 2 aromatic heterocycles. The minimum absolute atomic E-state index is 0.0755. The lowest BCUT2D eigenvalue weighted by molar-refractivity contribution is -0.117. The number of aromatic nitrogens is 5. The first-order valence-electron chi connectivity index (χ1n) is 12.2. The summed E-state index contributed by atoms with van der Waals surface area (Å²) in [6.45, 7) is -1.64. The zero-order chi connectivity index (χ0) is 26.2. The van der Waals surface area contributed by atoms with E-state index in [9.17, 15) is 9.59 Å². The van der Waals surface area contributed by atoms with E-state index in [1.165, 1.54) is 13.2 Å². The largest absolute Gasteiger partial charge is 0.494 e. The maximum atomic E-state index is 12.7. The molecule has 1 aliphatic heterocycles. The molecular formula is C22H24N8O4. The van der Waals surface area contributed by atoms with Gasteiger partial charge in [0.15, 0.2) is 17.3 Å². The van der Waals surface area contributed by atoms with Crippen LogP contribution in [0.25, 0.3) is 11.3 Å². The SMILES string of the molecule is [2H]C([2H])([2H])NC(=O)c1nnc(NC(=O)C2CC2)cc1Nc1cccc(-c2cnn(C3COC3)n2)c1OC. The molecule has 2 aliphatic rings. The maximum absolute atomic E-state index is 12.7. The number of para-hydroxylation sites is 1. The third kappa shape index (κ3) is 4.27. The molecule has 1 aliphatic carbocycles. The smallest absolute Gasteiger partial charge is 0.273 e. The van der Waals surface area contributed by atoms with Gasteiger partial charge in [0.2, 0.25) is 5.91 Å². The van der Waals surface area contributed by atoms with E-state index in [4.69, 9.17) is 13.6 Å². The first-order chi connectivity index (χ1) is 17.7. The average Bonchev–Trinajstić information content (AvgIpc) is 3.56. The van der Waals surface area contributed by atoms with Gasteiger partial charge < -0.3 is 25.4 Å². The molecule has 3 N–H and O–H groups in total. The first-order valence-corrected chi connectivity index (χ1v) is 10.7. The van der Waals surface area contributed by atoms with Gasteiger partial charge in [0, 0.05) is 28.6 Å². The highest BCUT2D eigenvalue weighted by Crippen LogP contribution is 2.38. The predicted molar refractivity (Wildman–Crippen MR) is 122 cm³/mol. The molecule has 1 saturated heterocycles. The molecule has 2 fully saturated rings. The van der Waals surface area contributed by atoms with E-state index < -0.39 is 12.9 Å². The molecule has 0 radical (unpaired) electrons. The second-order valence-electron chi connectivity index (χ2n) is 7.96. The minimum Gasteiger partial charge on any atom is -0.494 e. The molecule has 3 heterocycles. The summed E-state index contributed by atoms with van der Waals surface area (Å²) in [6, 6.07) is 6.77. The molecule has 0 unspecified atom stereocenters. The van der Waals surface area contributed by atoms with E-state index in [-0.39, 0.29) is 35.1 Å². The molecule has 2 amide bonds. The first kappa shape index (κ1) is 18.4. The molecule has 34 heavy (non-hydrogen) atoms. The summed E-state index contributed by atoms with van der Waals surface area (Å²) in [5.41, 5.74) is 1.49. The number of rotatable bonds is 8. The molecule has 1 aromatic carbocycles. The number of ether oxygens (including phenoxy) is 2. The van der Waals surface area contributed by atoms with Crippen LogP contribution in [0.5, 0.6) is 5.75 Å². The van der Waals surface area contributed by atoms with Gasteiger partial charge >= 0.3 is 0 Å². The average molecular weight is 468 g/mol. The molecule has 5 rings (SSSR count). The monoisotopic (exact) mass is 467 g/mol. The van der Waals surface area contributed by atoms with Crippen LogP contribution < -0.4 is 20.7 Å². The number of hydrogen-bond acceptors (Lipinski definition) is 9. The van der Waals surface area contributed by atoms with Crippen LogP contribution in [0.4, 0.5) is 17.2 Å². The van der Waals surface area contributed by atoms with E-state index in [0.717, 1.165) is 12.8 Å². The highest BCUT2D eigenvalue weighted by molar-refractivity contribution is 6.00. The Balaban J connectivity index is 1.48. The molecule has 12 heteroatoms. The van der Waals surface area contributed by atoms with Crippen molar-refractivity contribution >= 4 is 29.0 Å². The van der Waals surface area contributed by atoms with E-state index in [1.54, 1.807) is 23.1 Å². The number of hydrogen-bond donors (Lipinski definition) is 3. The Kier molecular flexibility index (Phi) is 4.90. The number of carbonyl (C=O) groups excluding carboxylic acids is 2. The summed E-state index contributed by atoms with van der Waals surface area (Å²) in [5.74, 6) is -0.712. The van der Waals surface area contributed by atoms with E-state index in [2.05, 4.69) is 31.0 Å². The van der Waals surface area contributed by atoms with Crippen molar-refractivity contribution in [3.8, 4) is 17.0 Å². The van der Waals surface area contributed by atoms with Gasteiger partial charge in [-0.05, 0) is 25.0 Å². The minimum atomic E-state index is -2.73. The number of anilines is 3. The summed E-state index contributed by atoms with van der Waals surface area (Å²) in [6.07, 6.45) is 3.21. The van der Waals surface area contributed by atoms with E-state index >= 15 is 0 Å². The molecule has 3 aromatic rings. The topological polar surface area (TPSA) is 145 Å². The van der Waals surface area contributed by atoms with Crippen molar-refractivity contribution in [3.63, 3.8) is 0 Å². The highest BCUT2D eigenvalue weighted by atomic mass is 16.5. The molecule has 0 atom stereocenters. The Morgan fingerprint density at radius 1 is 1.24 bits per heavy atom. The third-order valence-electron chi connectivity index (χ3n) is 5.54. The van der Waals surface area contributed by atoms with Crippen LogP contribution in [0.1, 0.15) is 33.5 Å². The number of methoxy groups -OCH3 is 1. The lowest BCUT2D eigenvalue weighted by Gasteiger charge is -2.24. The Morgan fingerprint density at radius 3 is 2.79 bits per heavy atom. The zero-order valence-corrected chi connectivity index (χ0v) is 18.2. The van der Waals surface area contributed by atoms with Crippen molar-refractivity contribution < 1.29 is 23.2 Å². The van der Waals surface area contributed by atoms with Crippen molar-refractivity contribution in [3.05, 3.63) is 36.2 Å². The van der Waals surface area contributed by atoms with Crippen molar-refractivity contribution in [1.82, 2.24) is 30.5 Å². The number of benzene rings is 1. The summed E-state index contributed by atoms with van der Waals surface area (Å²) in [4.78, 5) is 26.5. The number of nitrogens with zero attached hydrogens (tertiary/aromatic N) is 5.